The molecule has 0 saturated carbocycles. The first-order valence-electron chi connectivity index (χ1n) is 6.02. The van der Waals surface area contributed by atoms with Gasteiger partial charge in [0, 0.05) is 33.3 Å². The van der Waals surface area contributed by atoms with E-state index in [-0.39, 0.29) is 6.61 Å². The van der Waals surface area contributed by atoms with Crippen LogP contribution in [0.25, 0.3) is 17.0 Å². The maximum absolute atomic E-state index is 11.3. The summed E-state index contributed by atoms with van der Waals surface area (Å²) in [6.07, 6.45) is 4.96. The molecular weight excluding hydrogens is 324 g/mol. The van der Waals surface area contributed by atoms with E-state index in [1.807, 2.05) is 24.4 Å². The van der Waals surface area contributed by atoms with Crippen LogP contribution >= 0.6 is 15.9 Å². The number of carbonyl (C=O) groups is 2. The molecule has 0 aliphatic carbocycles. The molecule has 1 amide bonds. The molecule has 1 heterocycles. The molecule has 0 atom stereocenters. The second-order valence-corrected chi connectivity index (χ2v) is 4.88. The number of carbonyl (C=O) groups excluding carboxylic acids is 2. The highest BCUT2D eigenvalue weighted by Crippen LogP contribution is 2.22. The third kappa shape index (κ3) is 3.27. The van der Waals surface area contributed by atoms with E-state index in [0.717, 1.165) is 20.9 Å². The lowest BCUT2D eigenvalue weighted by molar-refractivity contribution is -0.154. The van der Waals surface area contributed by atoms with Crippen LogP contribution in [0.5, 0.6) is 0 Å². The number of rotatable bonds is 3. The van der Waals surface area contributed by atoms with Crippen molar-refractivity contribution in [2.75, 3.05) is 6.61 Å². The van der Waals surface area contributed by atoms with Crippen molar-refractivity contribution in [1.82, 2.24) is 10.3 Å². The summed E-state index contributed by atoms with van der Waals surface area (Å²) in [6.45, 7) is 1.82. The van der Waals surface area contributed by atoms with Gasteiger partial charge in [-0.05, 0) is 25.1 Å². The molecule has 0 aliphatic rings. The van der Waals surface area contributed by atoms with Crippen LogP contribution in [0.15, 0.2) is 35.1 Å². The standard InChI is InChI=1S/C14H13BrN2O3/c1-2-20-14(19)13(18)16-6-5-9-8-17-12-7-10(15)3-4-11(9)12/h3-8,17H,2H2,1H3,(H,16,18)/b6-5+. The fraction of sp³-hybridized carbons (Fsp3) is 0.143. The number of ether oxygens (including phenoxy) is 1. The molecule has 0 saturated heterocycles. The molecule has 0 fully saturated rings. The zero-order valence-electron chi connectivity index (χ0n) is 10.8. The number of aromatic amines is 1. The molecule has 20 heavy (non-hydrogen) atoms. The molecule has 0 radical (unpaired) electrons. The monoisotopic (exact) mass is 336 g/mol. The molecule has 0 aliphatic heterocycles. The molecule has 1 aromatic carbocycles. The van der Waals surface area contributed by atoms with E-state index in [9.17, 15) is 9.59 Å². The largest absolute Gasteiger partial charge is 0.459 e. The highest BCUT2D eigenvalue weighted by atomic mass is 79.9. The number of fused-ring (bicyclic) bond motifs is 1. The number of aromatic nitrogens is 1. The first-order chi connectivity index (χ1) is 9.61. The van der Waals surface area contributed by atoms with Gasteiger partial charge < -0.3 is 15.0 Å². The molecular formula is C14H13BrN2O3. The fourth-order valence-corrected chi connectivity index (χ4v) is 2.08. The Morgan fingerprint density at radius 1 is 1.45 bits per heavy atom. The van der Waals surface area contributed by atoms with Gasteiger partial charge in [-0.25, -0.2) is 4.79 Å². The zero-order chi connectivity index (χ0) is 14.5. The summed E-state index contributed by atoms with van der Waals surface area (Å²) in [5, 5.41) is 3.39. The van der Waals surface area contributed by atoms with Crippen molar-refractivity contribution >= 4 is 44.8 Å². The van der Waals surface area contributed by atoms with Gasteiger partial charge in [-0.15, -0.1) is 0 Å². The lowest BCUT2D eigenvalue weighted by atomic mass is 10.2. The SMILES string of the molecule is CCOC(=O)C(=O)N/C=C/c1c[nH]c2cc(Br)ccc12. The maximum atomic E-state index is 11.3. The first kappa shape index (κ1) is 14.3. The van der Waals surface area contributed by atoms with E-state index in [4.69, 9.17) is 0 Å². The van der Waals surface area contributed by atoms with Crippen molar-refractivity contribution < 1.29 is 14.3 Å². The Morgan fingerprint density at radius 2 is 2.25 bits per heavy atom. The highest BCUT2D eigenvalue weighted by Gasteiger charge is 2.12. The zero-order valence-corrected chi connectivity index (χ0v) is 12.4. The van der Waals surface area contributed by atoms with Gasteiger partial charge in [-0.3, -0.25) is 4.79 Å². The van der Waals surface area contributed by atoms with Crippen LogP contribution in [0.2, 0.25) is 0 Å². The molecule has 1 aromatic heterocycles. The fourth-order valence-electron chi connectivity index (χ4n) is 1.72. The van der Waals surface area contributed by atoms with Crippen molar-refractivity contribution in [1.29, 1.82) is 0 Å². The van der Waals surface area contributed by atoms with Crippen LogP contribution in [0, 0.1) is 0 Å². The van der Waals surface area contributed by atoms with Gasteiger partial charge in [0.05, 0.1) is 6.61 Å². The van der Waals surface area contributed by atoms with Gasteiger partial charge in [0.25, 0.3) is 0 Å². The minimum atomic E-state index is -0.889. The Balaban J connectivity index is 2.07. The summed E-state index contributed by atoms with van der Waals surface area (Å²) in [5.74, 6) is -1.68. The first-order valence-corrected chi connectivity index (χ1v) is 6.82. The van der Waals surface area contributed by atoms with Gasteiger partial charge in [0.2, 0.25) is 0 Å². The Kier molecular flexibility index (Phi) is 4.57. The van der Waals surface area contributed by atoms with Crippen molar-refractivity contribution in [3.05, 3.63) is 40.6 Å². The van der Waals surface area contributed by atoms with Crippen LogP contribution in [-0.4, -0.2) is 23.5 Å². The van der Waals surface area contributed by atoms with Crippen LogP contribution in [-0.2, 0) is 14.3 Å². The summed E-state index contributed by atoms with van der Waals surface area (Å²) in [5.41, 5.74) is 1.90. The van der Waals surface area contributed by atoms with E-state index in [1.54, 1.807) is 13.0 Å². The molecule has 2 N–H and O–H groups in total. The Hall–Kier alpha value is -2.08. The van der Waals surface area contributed by atoms with Crippen molar-refractivity contribution in [3.63, 3.8) is 0 Å². The van der Waals surface area contributed by atoms with Crippen LogP contribution in [0.3, 0.4) is 0 Å². The van der Waals surface area contributed by atoms with Crippen LogP contribution in [0.4, 0.5) is 0 Å². The maximum Gasteiger partial charge on any atom is 0.397 e. The molecule has 2 aromatic rings. The minimum absolute atomic E-state index is 0.174. The average Bonchev–Trinajstić information content (AvgIpc) is 2.81. The average molecular weight is 337 g/mol. The number of esters is 1. The number of benzene rings is 1. The molecule has 0 spiro atoms. The molecule has 104 valence electrons. The Labute approximate surface area is 124 Å². The number of hydrogen-bond donors (Lipinski definition) is 2. The smallest absolute Gasteiger partial charge is 0.397 e. The predicted molar refractivity (Wildman–Crippen MR) is 79.8 cm³/mol. The second-order valence-electron chi connectivity index (χ2n) is 3.96. The van der Waals surface area contributed by atoms with E-state index in [1.165, 1.54) is 6.20 Å². The Bertz CT molecular complexity index is 676. The molecule has 2 rings (SSSR count). The van der Waals surface area contributed by atoms with E-state index in [2.05, 4.69) is 31.0 Å². The predicted octanol–water partition coefficient (Wildman–Crippen LogP) is 2.58. The highest BCUT2D eigenvalue weighted by molar-refractivity contribution is 9.10. The number of H-pyrrole nitrogens is 1. The third-order valence-electron chi connectivity index (χ3n) is 2.61. The van der Waals surface area contributed by atoms with Gasteiger partial charge in [0.1, 0.15) is 0 Å². The number of halogens is 1. The number of hydrogen-bond acceptors (Lipinski definition) is 3. The summed E-state index contributed by atoms with van der Waals surface area (Å²) in [6, 6.07) is 5.86. The summed E-state index contributed by atoms with van der Waals surface area (Å²) >= 11 is 3.40. The summed E-state index contributed by atoms with van der Waals surface area (Å²) in [4.78, 5) is 25.5. The second kappa shape index (κ2) is 6.38. The van der Waals surface area contributed by atoms with Gasteiger partial charge >= 0.3 is 11.9 Å². The van der Waals surface area contributed by atoms with Crippen molar-refractivity contribution in [2.24, 2.45) is 0 Å². The molecule has 0 bridgehead atoms. The number of amides is 1. The van der Waals surface area contributed by atoms with Crippen LogP contribution in [0.1, 0.15) is 12.5 Å². The molecule has 5 nitrogen and oxygen atoms in total. The van der Waals surface area contributed by atoms with E-state index >= 15 is 0 Å². The van der Waals surface area contributed by atoms with Crippen LogP contribution < -0.4 is 5.32 Å². The lowest BCUT2D eigenvalue weighted by Gasteiger charge is -1.99. The van der Waals surface area contributed by atoms with E-state index < -0.39 is 11.9 Å². The summed E-state index contributed by atoms with van der Waals surface area (Å²) < 4.78 is 5.56. The molecule has 6 heteroatoms. The quantitative estimate of drug-likeness (QED) is 0.668. The van der Waals surface area contributed by atoms with Crippen molar-refractivity contribution in [3.8, 4) is 0 Å². The lowest BCUT2D eigenvalue weighted by Crippen LogP contribution is -2.28. The normalized spacial score (nSPS) is 10.9. The van der Waals surface area contributed by atoms with Gasteiger partial charge in [-0.1, -0.05) is 22.0 Å². The third-order valence-corrected chi connectivity index (χ3v) is 3.11. The Morgan fingerprint density at radius 3 is 3.00 bits per heavy atom. The minimum Gasteiger partial charge on any atom is -0.459 e. The van der Waals surface area contributed by atoms with Gasteiger partial charge in [-0.2, -0.15) is 0 Å². The number of nitrogens with one attached hydrogen (secondary N) is 2. The summed E-state index contributed by atoms with van der Waals surface area (Å²) in [7, 11) is 0. The van der Waals surface area contributed by atoms with E-state index in [0.29, 0.717) is 0 Å². The van der Waals surface area contributed by atoms with Gasteiger partial charge in [0.15, 0.2) is 0 Å². The topological polar surface area (TPSA) is 71.2 Å². The molecule has 0 unspecified atom stereocenters. The van der Waals surface area contributed by atoms with Crippen molar-refractivity contribution in [2.45, 2.75) is 6.92 Å².